The van der Waals surface area contributed by atoms with E-state index in [1.54, 1.807) is 6.20 Å². The fourth-order valence-electron chi connectivity index (χ4n) is 2.83. The molecule has 2 aromatic rings. The topological polar surface area (TPSA) is 34.6 Å². The van der Waals surface area contributed by atoms with Crippen LogP contribution in [0.15, 0.2) is 54.4 Å². The van der Waals surface area contributed by atoms with Gasteiger partial charge >= 0.3 is 7.12 Å². The van der Waals surface area contributed by atoms with Crippen molar-refractivity contribution in [2.24, 2.45) is 0 Å². The summed E-state index contributed by atoms with van der Waals surface area (Å²) < 4.78 is 26.1. The highest BCUT2D eigenvalue weighted by Gasteiger charge is 2.53. The lowest BCUT2D eigenvalue weighted by molar-refractivity contribution is 0.00578. The minimum atomic E-state index is -0.990. The second kappa shape index (κ2) is 7.45. The molecule has 0 aliphatic carbocycles. The highest BCUT2D eigenvalue weighted by molar-refractivity contribution is 6.54. The van der Waals surface area contributed by atoms with E-state index >= 15 is 0 Å². The molecule has 1 aliphatic rings. The summed E-state index contributed by atoms with van der Waals surface area (Å²) >= 11 is 0. The molecule has 1 fully saturated rings. The maximum Gasteiger partial charge on any atom is 0.525 e. The second-order valence-electron chi connectivity index (χ2n) is 7.91. The summed E-state index contributed by atoms with van der Waals surface area (Å²) in [4.78, 5) is 6.49. The van der Waals surface area contributed by atoms with Crippen molar-refractivity contribution >= 4 is 19.0 Å². The zero-order valence-electron chi connectivity index (χ0n) is 16.6. The Morgan fingerprint density at radius 2 is 1.70 bits per heavy atom. The number of anilines is 1. The van der Waals surface area contributed by atoms with Gasteiger partial charge in [-0.25, -0.2) is 9.37 Å². The Kier molecular flexibility index (Phi) is 5.40. The molecule has 1 aromatic carbocycles. The smallest absolute Gasteiger partial charge is 0.398 e. The lowest BCUT2D eigenvalue weighted by Gasteiger charge is -2.32. The van der Waals surface area contributed by atoms with Crippen molar-refractivity contribution in [3.63, 3.8) is 0 Å². The molecule has 6 heteroatoms. The summed E-state index contributed by atoms with van der Waals surface area (Å²) in [6.45, 7) is 8.36. The Labute approximate surface area is 161 Å². The molecule has 0 unspecified atom stereocenters. The maximum absolute atomic E-state index is 14.6. The van der Waals surface area contributed by atoms with Crippen LogP contribution in [0.1, 0.15) is 38.8 Å². The standard InChI is InChI=1S/C21H26BFN2O2/c1-20(2)21(3,4)27-22(26-20)18(23)13-17-11-12-19(24-14-17)25(5)15-16-9-7-6-8-10-16/h6-14H,15H2,1-5H3. The number of pyridine rings is 1. The van der Waals surface area contributed by atoms with Gasteiger partial charge in [0.15, 0.2) is 0 Å². The number of hydrogen-bond donors (Lipinski definition) is 0. The molecule has 1 aliphatic heterocycles. The first kappa shape index (κ1) is 19.6. The van der Waals surface area contributed by atoms with E-state index in [4.69, 9.17) is 9.31 Å². The van der Waals surface area contributed by atoms with Gasteiger partial charge in [-0.2, -0.15) is 0 Å². The van der Waals surface area contributed by atoms with Gasteiger partial charge in [0.1, 0.15) is 11.5 Å². The molecular weight excluding hydrogens is 342 g/mol. The van der Waals surface area contributed by atoms with Crippen LogP contribution in [0, 0.1) is 0 Å². The van der Waals surface area contributed by atoms with Crippen LogP contribution < -0.4 is 4.90 Å². The van der Waals surface area contributed by atoms with Gasteiger partial charge in [-0.1, -0.05) is 30.3 Å². The summed E-state index contributed by atoms with van der Waals surface area (Å²) in [5.74, 6) is 0.826. The first-order valence-corrected chi connectivity index (χ1v) is 9.12. The molecule has 1 saturated heterocycles. The minimum absolute atomic E-state index is 0.458. The fourth-order valence-corrected chi connectivity index (χ4v) is 2.83. The molecule has 2 heterocycles. The van der Waals surface area contributed by atoms with Crippen LogP contribution in [0.4, 0.5) is 10.2 Å². The van der Waals surface area contributed by atoms with Crippen molar-refractivity contribution in [2.45, 2.75) is 45.4 Å². The van der Waals surface area contributed by atoms with Crippen LogP contribution in [0.3, 0.4) is 0 Å². The number of halogens is 1. The molecular formula is C21H26BFN2O2. The van der Waals surface area contributed by atoms with Gasteiger partial charge in [-0.05, 0) is 57.0 Å². The quantitative estimate of drug-likeness (QED) is 0.719. The third kappa shape index (κ3) is 4.39. The second-order valence-corrected chi connectivity index (χ2v) is 7.91. The summed E-state index contributed by atoms with van der Waals surface area (Å²) in [5, 5.41) is 0. The van der Waals surface area contributed by atoms with Crippen molar-refractivity contribution < 1.29 is 13.7 Å². The van der Waals surface area contributed by atoms with Gasteiger partial charge in [-0.15, -0.1) is 0 Å². The summed E-state index contributed by atoms with van der Waals surface area (Å²) in [7, 11) is 0.992. The van der Waals surface area contributed by atoms with Crippen LogP contribution >= 0.6 is 0 Å². The highest BCUT2D eigenvalue weighted by atomic mass is 19.1. The van der Waals surface area contributed by atoms with E-state index in [1.165, 1.54) is 11.6 Å². The van der Waals surface area contributed by atoms with Crippen molar-refractivity contribution in [2.75, 3.05) is 11.9 Å². The van der Waals surface area contributed by atoms with Crippen LogP contribution in [0.5, 0.6) is 0 Å². The first-order chi connectivity index (χ1) is 12.7. The number of rotatable bonds is 5. The zero-order valence-corrected chi connectivity index (χ0v) is 16.6. The third-order valence-electron chi connectivity index (χ3n) is 5.21. The van der Waals surface area contributed by atoms with Crippen molar-refractivity contribution in [3.05, 3.63) is 65.5 Å². The Bertz CT molecular complexity index is 791. The van der Waals surface area contributed by atoms with E-state index in [0.29, 0.717) is 5.56 Å². The van der Waals surface area contributed by atoms with Crippen LogP contribution in [-0.2, 0) is 15.9 Å². The predicted octanol–water partition coefficient (Wildman–Crippen LogP) is 4.66. The maximum atomic E-state index is 14.6. The number of hydrogen-bond acceptors (Lipinski definition) is 4. The van der Waals surface area contributed by atoms with Crippen molar-refractivity contribution in [3.8, 4) is 0 Å². The lowest BCUT2D eigenvalue weighted by atomic mass is 9.87. The van der Waals surface area contributed by atoms with Crippen molar-refractivity contribution in [1.82, 2.24) is 4.98 Å². The number of nitrogens with zero attached hydrogens (tertiary/aromatic N) is 2. The molecule has 0 spiro atoms. The SMILES string of the molecule is CN(Cc1ccccc1)c1ccc(C=C(F)B2OC(C)(C)C(C)(C)O2)cn1. The molecule has 4 nitrogen and oxygen atoms in total. The molecule has 0 amide bonds. The average Bonchev–Trinajstić information content (AvgIpc) is 2.84. The van der Waals surface area contributed by atoms with Gasteiger partial charge in [-0.3, -0.25) is 0 Å². The first-order valence-electron chi connectivity index (χ1n) is 9.12. The summed E-state index contributed by atoms with van der Waals surface area (Å²) in [6, 6.07) is 13.9. The van der Waals surface area contributed by atoms with Gasteiger partial charge in [0.05, 0.1) is 11.2 Å². The predicted molar refractivity (Wildman–Crippen MR) is 108 cm³/mol. The Hall–Kier alpha value is -2.18. The van der Waals surface area contributed by atoms with Gasteiger partial charge in [0, 0.05) is 19.8 Å². The highest BCUT2D eigenvalue weighted by Crippen LogP contribution is 2.39. The lowest BCUT2D eigenvalue weighted by Crippen LogP contribution is -2.41. The Balaban J connectivity index is 1.67. The Morgan fingerprint density at radius 3 is 2.26 bits per heavy atom. The zero-order chi connectivity index (χ0) is 19.7. The van der Waals surface area contributed by atoms with Crippen LogP contribution in [0.2, 0.25) is 0 Å². The molecule has 1 aromatic heterocycles. The van der Waals surface area contributed by atoms with E-state index < -0.39 is 24.0 Å². The molecule has 0 N–H and O–H groups in total. The molecule has 0 bridgehead atoms. The fraction of sp³-hybridized carbons (Fsp3) is 0.381. The van der Waals surface area contributed by atoms with E-state index in [-0.39, 0.29) is 0 Å². The average molecular weight is 368 g/mol. The molecule has 142 valence electrons. The van der Waals surface area contributed by atoms with E-state index in [0.717, 1.165) is 12.4 Å². The normalized spacial score (nSPS) is 18.6. The van der Waals surface area contributed by atoms with Crippen LogP contribution in [-0.4, -0.2) is 30.4 Å². The number of benzene rings is 1. The molecule has 3 rings (SSSR count). The van der Waals surface area contributed by atoms with Gasteiger partial charge < -0.3 is 14.2 Å². The monoisotopic (exact) mass is 368 g/mol. The van der Waals surface area contributed by atoms with Gasteiger partial charge in [0.25, 0.3) is 0 Å². The third-order valence-corrected chi connectivity index (χ3v) is 5.21. The molecule has 27 heavy (non-hydrogen) atoms. The summed E-state index contributed by atoms with van der Waals surface area (Å²) in [5.41, 5.74) is 0.286. The molecule has 0 atom stereocenters. The van der Waals surface area contributed by atoms with Crippen molar-refractivity contribution in [1.29, 1.82) is 0 Å². The minimum Gasteiger partial charge on any atom is -0.398 e. The van der Waals surface area contributed by atoms with Gasteiger partial charge in [0.2, 0.25) is 0 Å². The molecule has 0 radical (unpaired) electrons. The largest absolute Gasteiger partial charge is 0.525 e. The molecule has 0 saturated carbocycles. The van der Waals surface area contributed by atoms with E-state index in [1.807, 2.05) is 70.0 Å². The number of aromatic nitrogens is 1. The van der Waals surface area contributed by atoms with Crippen LogP contribution in [0.25, 0.3) is 6.08 Å². The van der Waals surface area contributed by atoms with E-state index in [2.05, 4.69) is 17.1 Å². The Morgan fingerprint density at radius 1 is 1.07 bits per heavy atom. The van der Waals surface area contributed by atoms with E-state index in [9.17, 15) is 4.39 Å². The summed E-state index contributed by atoms with van der Waals surface area (Å²) in [6.07, 6.45) is 3.07.